The molecule has 0 aliphatic rings. The van der Waals surface area contributed by atoms with Crippen LogP contribution >= 0.6 is 0 Å². The minimum absolute atomic E-state index is 0.690. The smallest absolute Gasteiger partial charge is 0.109 e. The Balaban J connectivity index is 2.18. The van der Waals surface area contributed by atoms with E-state index in [0.717, 1.165) is 24.9 Å². The first-order chi connectivity index (χ1) is 9.54. The number of benzene rings is 1. The van der Waals surface area contributed by atoms with E-state index in [4.69, 9.17) is 10.7 Å². The van der Waals surface area contributed by atoms with E-state index in [1.165, 1.54) is 23.3 Å². The Kier molecular flexibility index (Phi) is 4.81. The molecule has 2 aromatic rings. The largest absolute Gasteiger partial charge is 0.331 e. The molecule has 0 radical (unpaired) electrons. The molecule has 0 fully saturated rings. The Morgan fingerprint density at radius 3 is 2.60 bits per heavy atom. The Morgan fingerprint density at radius 2 is 2.00 bits per heavy atom. The van der Waals surface area contributed by atoms with E-state index < -0.39 is 0 Å². The van der Waals surface area contributed by atoms with E-state index in [0.29, 0.717) is 11.8 Å². The lowest BCUT2D eigenvalue weighted by Crippen LogP contribution is -2.16. The molecule has 0 aliphatic heterocycles. The van der Waals surface area contributed by atoms with Crippen molar-refractivity contribution >= 4 is 11.0 Å². The highest BCUT2D eigenvalue weighted by molar-refractivity contribution is 5.79. The van der Waals surface area contributed by atoms with Crippen molar-refractivity contribution in [3.63, 3.8) is 0 Å². The standard InChI is InChI=1S/C17H27N3/c1-12(2)14(10-11-18)8-9-16-19-15-7-5-6-13(3)17(15)20(16)4/h5-7,12,14H,8-11,18H2,1-4H3. The van der Waals surface area contributed by atoms with Gasteiger partial charge in [0.05, 0.1) is 11.0 Å². The first kappa shape index (κ1) is 15.0. The number of hydrogen-bond donors (Lipinski definition) is 1. The summed E-state index contributed by atoms with van der Waals surface area (Å²) in [6, 6.07) is 6.34. The maximum Gasteiger partial charge on any atom is 0.109 e. The predicted molar refractivity (Wildman–Crippen MR) is 85.8 cm³/mol. The fraction of sp³-hybridized carbons (Fsp3) is 0.588. The van der Waals surface area contributed by atoms with E-state index in [9.17, 15) is 0 Å². The number of fused-ring (bicyclic) bond motifs is 1. The van der Waals surface area contributed by atoms with Gasteiger partial charge in [0, 0.05) is 13.5 Å². The van der Waals surface area contributed by atoms with E-state index >= 15 is 0 Å². The van der Waals surface area contributed by atoms with Crippen LogP contribution in [-0.4, -0.2) is 16.1 Å². The predicted octanol–water partition coefficient (Wildman–Crippen LogP) is 3.44. The van der Waals surface area contributed by atoms with Crippen LogP contribution in [0.25, 0.3) is 11.0 Å². The van der Waals surface area contributed by atoms with Gasteiger partial charge < -0.3 is 10.3 Å². The zero-order valence-corrected chi connectivity index (χ0v) is 13.2. The molecule has 2 N–H and O–H groups in total. The highest BCUT2D eigenvalue weighted by Gasteiger charge is 2.15. The molecular formula is C17H27N3. The molecule has 0 bridgehead atoms. The maximum atomic E-state index is 5.73. The molecule has 0 spiro atoms. The lowest BCUT2D eigenvalue weighted by molar-refractivity contribution is 0.338. The molecule has 110 valence electrons. The quantitative estimate of drug-likeness (QED) is 0.876. The molecule has 3 nitrogen and oxygen atoms in total. The Bertz CT molecular complexity index is 569. The molecule has 1 aromatic heterocycles. The fourth-order valence-corrected chi connectivity index (χ4v) is 3.08. The third kappa shape index (κ3) is 3.04. The summed E-state index contributed by atoms with van der Waals surface area (Å²) in [6.07, 6.45) is 3.32. The lowest BCUT2D eigenvalue weighted by Gasteiger charge is -2.19. The van der Waals surface area contributed by atoms with Crippen molar-refractivity contribution < 1.29 is 0 Å². The molecular weight excluding hydrogens is 246 g/mol. The summed E-state index contributed by atoms with van der Waals surface area (Å²) >= 11 is 0. The van der Waals surface area contributed by atoms with Gasteiger partial charge in [0.2, 0.25) is 0 Å². The number of aryl methyl sites for hydroxylation is 3. The summed E-state index contributed by atoms with van der Waals surface area (Å²) in [7, 11) is 2.13. The molecule has 0 amide bonds. The van der Waals surface area contributed by atoms with E-state index in [2.05, 4.69) is 50.6 Å². The molecule has 1 aromatic carbocycles. The maximum absolute atomic E-state index is 5.73. The minimum atomic E-state index is 0.690. The number of nitrogens with two attached hydrogens (primary N) is 1. The SMILES string of the molecule is Cc1cccc2nc(CCC(CCN)C(C)C)n(C)c12. The van der Waals surface area contributed by atoms with Crippen molar-refractivity contribution in [3.05, 3.63) is 29.6 Å². The van der Waals surface area contributed by atoms with Crippen LogP contribution < -0.4 is 5.73 Å². The monoisotopic (exact) mass is 273 g/mol. The molecule has 1 heterocycles. The normalized spacial score (nSPS) is 13.3. The number of nitrogens with zero attached hydrogens (tertiary/aromatic N) is 2. The van der Waals surface area contributed by atoms with E-state index in [1.54, 1.807) is 0 Å². The summed E-state index contributed by atoms with van der Waals surface area (Å²) in [5.41, 5.74) is 9.40. The van der Waals surface area contributed by atoms with E-state index in [-0.39, 0.29) is 0 Å². The van der Waals surface area contributed by atoms with Crippen molar-refractivity contribution in [2.24, 2.45) is 24.6 Å². The van der Waals surface area contributed by atoms with Crippen molar-refractivity contribution in [1.82, 2.24) is 9.55 Å². The Labute approximate surface area is 122 Å². The second-order valence-corrected chi connectivity index (χ2v) is 6.15. The molecule has 1 atom stereocenters. The van der Waals surface area contributed by atoms with Crippen LogP contribution in [-0.2, 0) is 13.5 Å². The highest BCUT2D eigenvalue weighted by Crippen LogP contribution is 2.23. The van der Waals surface area contributed by atoms with Gasteiger partial charge in [0.25, 0.3) is 0 Å². The van der Waals surface area contributed by atoms with Crippen LogP contribution in [0.2, 0.25) is 0 Å². The van der Waals surface area contributed by atoms with Crippen LogP contribution in [0.15, 0.2) is 18.2 Å². The van der Waals surface area contributed by atoms with Crippen LogP contribution in [0.3, 0.4) is 0 Å². The van der Waals surface area contributed by atoms with Crippen molar-refractivity contribution in [2.45, 2.75) is 40.0 Å². The van der Waals surface area contributed by atoms with Gasteiger partial charge in [-0.05, 0) is 49.8 Å². The van der Waals surface area contributed by atoms with Crippen LogP contribution in [0.5, 0.6) is 0 Å². The molecule has 0 saturated carbocycles. The summed E-state index contributed by atoms with van der Waals surface area (Å²) < 4.78 is 2.25. The number of hydrogen-bond acceptors (Lipinski definition) is 2. The average Bonchev–Trinajstić information content (AvgIpc) is 2.72. The van der Waals surface area contributed by atoms with Crippen LogP contribution in [0.1, 0.15) is 38.1 Å². The van der Waals surface area contributed by atoms with E-state index in [1.807, 2.05) is 0 Å². The zero-order chi connectivity index (χ0) is 14.7. The van der Waals surface area contributed by atoms with Gasteiger partial charge >= 0.3 is 0 Å². The second kappa shape index (κ2) is 6.40. The van der Waals surface area contributed by atoms with Crippen molar-refractivity contribution in [3.8, 4) is 0 Å². The zero-order valence-electron chi connectivity index (χ0n) is 13.2. The van der Waals surface area contributed by atoms with Gasteiger partial charge in [-0.25, -0.2) is 4.98 Å². The van der Waals surface area contributed by atoms with Gasteiger partial charge in [-0.3, -0.25) is 0 Å². The van der Waals surface area contributed by atoms with Gasteiger partial charge in [-0.15, -0.1) is 0 Å². The Hall–Kier alpha value is -1.35. The fourth-order valence-electron chi connectivity index (χ4n) is 3.08. The second-order valence-electron chi connectivity index (χ2n) is 6.15. The third-order valence-corrected chi connectivity index (χ3v) is 4.41. The summed E-state index contributed by atoms with van der Waals surface area (Å²) in [6.45, 7) is 7.52. The first-order valence-electron chi connectivity index (χ1n) is 7.65. The molecule has 3 heteroatoms. The van der Waals surface area contributed by atoms with Gasteiger partial charge in [0.15, 0.2) is 0 Å². The molecule has 1 unspecified atom stereocenters. The van der Waals surface area contributed by atoms with Gasteiger partial charge in [0.1, 0.15) is 5.82 Å². The van der Waals surface area contributed by atoms with Crippen molar-refractivity contribution in [1.29, 1.82) is 0 Å². The summed E-state index contributed by atoms with van der Waals surface area (Å²) in [5, 5.41) is 0. The number of imidazole rings is 1. The number of aromatic nitrogens is 2. The first-order valence-corrected chi connectivity index (χ1v) is 7.65. The highest BCUT2D eigenvalue weighted by atomic mass is 15.1. The molecule has 2 rings (SSSR count). The lowest BCUT2D eigenvalue weighted by atomic mass is 9.88. The average molecular weight is 273 g/mol. The summed E-state index contributed by atoms with van der Waals surface area (Å²) in [5.74, 6) is 2.58. The Morgan fingerprint density at radius 1 is 1.25 bits per heavy atom. The topological polar surface area (TPSA) is 43.8 Å². The van der Waals surface area contributed by atoms with Crippen LogP contribution in [0, 0.1) is 18.8 Å². The molecule has 0 saturated heterocycles. The number of para-hydroxylation sites is 1. The van der Waals surface area contributed by atoms with Gasteiger partial charge in [-0.1, -0.05) is 26.0 Å². The van der Waals surface area contributed by atoms with Crippen LogP contribution in [0.4, 0.5) is 0 Å². The third-order valence-electron chi connectivity index (χ3n) is 4.41. The van der Waals surface area contributed by atoms with Crippen molar-refractivity contribution in [2.75, 3.05) is 6.54 Å². The molecule has 0 aliphatic carbocycles. The number of rotatable bonds is 6. The van der Waals surface area contributed by atoms with Gasteiger partial charge in [-0.2, -0.15) is 0 Å². The minimum Gasteiger partial charge on any atom is -0.331 e. The summed E-state index contributed by atoms with van der Waals surface area (Å²) in [4.78, 5) is 4.80. The molecule has 20 heavy (non-hydrogen) atoms.